The zero-order valence-electron chi connectivity index (χ0n) is 15.5. The van der Waals surface area contributed by atoms with Gasteiger partial charge in [-0.3, -0.25) is 9.59 Å². The highest BCUT2D eigenvalue weighted by molar-refractivity contribution is 7.99. The summed E-state index contributed by atoms with van der Waals surface area (Å²) in [5.41, 5.74) is 2.26. The number of fused-ring (bicyclic) bond motifs is 1. The van der Waals surface area contributed by atoms with Crippen LogP contribution in [-0.2, 0) is 14.3 Å². The molecule has 0 unspecified atom stereocenters. The Hall–Kier alpha value is -2.81. The van der Waals surface area contributed by atoms with Crippen molar-refractivity contribution in [3.8, 4) is 5.75 Å². The van der Waals surface area contributed by atoms with Gasteiger partial charge in [0.05, 0.1) is 12.9 Å². The van der Waals surface area contributed by atoms with Gasteiger partial charge in [0.1, 0.15) is 11.8 Å². The van der Waals surface area contributed by atoms with Crippen molar-refractivity contribution in [3.05, 3.63) is 41.1 Å². The second-order valence-electron chi connectivity index (χ2n) is 6.98. The lowest BCUT2D eigenvalue weighted by atomic mass is 9.81. The van der Waals surface area contributed by atoms with Crippen molar-refractivity contribution in [2.45, 2.75) is 31.0 Å². The summed E-state index contributed by atoms with van der Waals surface area (Å²) in [6, 6.07) is 6.35. The number of rotatable bonds is 4. The minimum absolute atomic E-state index is 0.0690. The van der Waals surface area contributed by atoms with Crippen molar-refractivity contribution >= 4 is 29.5 Å². The maximum absolute atomic E-state index is 12.9. The molecule has 0 saturated heterocycles. The Morgan fingerprint density at radius 2 is 2.25 bits per heavy atom. The van der Waals surface area contributed by atoms with E-state index in [0.717, 1.165) is 17.7 Å². The molecule has 1 aliphatic carbocycles. The third kappa shape index (κ3) is 3.37. The van der Waals surface area contributed by atoms with Crippen LogP contribution in [-0.4, -0.2) is 44.5 Å². The van der Waals surface area contributed by atoms with E-state index in [0.29, 0.717) is 23.1 Å². The third-order valence-electron chi connectivity index (χ3n) is 4.84. The van der Waals surface area contributed by atoms with Crippen LogP contribution < -0.4 is 5.32 Å². The van der Waals surface area contributed by atoms with Crippen LogP contribution in [0.2, 0.25) is 0 Å². The summed E-state index contributed by atoms with van der Waals surface area (Å²) in [6.45, 7) is 2.05. The Balaban J connectivity index is 1.77. The Kier molecular flexibility index (Phi) is 4.84. The van der Waals surface area contributed by atoms with Gasteiger partial charge in [-0.2, -0.15) is 4.98 Å². The lowest BCUT2D eigenvalue weighted by Gasteiger charge is -2.34. The largest absolute Gasteiger partial charge is 0.508 e. The first-order valence-corrected chi connectivity index (χ1v) is 9.93. The second-order valence-corrected chi connectivity index (χ2v) is 7.92. The zero-order chi connectivity index (χ0) is 19.8. The van der Waals surface area contributed by atoms with Crippen LogP contribution in [0.25, 0.3) is 0 Å². The molecule has 146 valence electrons. The van der Waals surface area contributed by atoms with Crippen LogP contribution in [0.15, 0.2) is 40.7 Å². The minimum atomic E-state index is -0.474. The molecule has 0 amide bonds. The first-order chi connectivity index (χ1) is 13.5. The first kappa shape index (κ1) is 18.5. The molecule has 2 aliphatic rings. The number of benzene rings is 1. The van der Waals surface area contributed by atoms with Crippen LogP contribution in [0.3, 0.4) is 0 Å². The molecule has 1 aromatic heterocycles. The standard InChI is InChI=1S/C19H20N4O4S/c1-10-6-13-16(14(25)7-10)17(11-4-3-5-12(24)8-11)23-18(20-13)21-19(22-23)28-9-15(26)27-2/h3-5,8,10,17,24H,6-7,9H2,1-2H3,(H,20,21,22)/t10-,17-/m1/s1. The number of carbonyl (C=O) groups excluding carboxylic acids is 2. The molecule has 28 heavy (non-hydrogen) atoms. The molecule has 2 atom stereocenters. The molecule has 1 aliphatic heterocycles. The molecule has 2 heterocycles. The fraction of sp³-hybridized carbons (Fsp3) is 0.368. The van der Waals surface area contributed by atoms with Crippen molar-refractivity contribution in [1.82, 2.24) is 14.8 Å². The lowest BCUT2D eigenvalue weighted by molar-refractivity contribution is -0.137. The summed E-state index contributed by atoms with van der Waals surface area (Å²) >= 11 is 1.17. The molecule has 9 heteroatoms. The van der Waals surface area contributed by atoms with Gasteiger partial charge in [0.2, 0.25) is 11.1 Å². The Morgan fingerprint density at radius 3 is 3.00 bits per heavy atom. The van der Waals surface area contributed by atoms with Crippen molar-refractivity contribution < 1.29 is 19.4 Å². The van der Waals surface area contributed by atoms with E-state index < -0.39 is 6.04 Å². The summed E-state index contributed by atoms with van der Waals surface area (Å²) in [5.74, 6) is 0.681. The fourth-order valence-electron chi connectivity index (χ4n) is 3.63. The normalized spacial score (nSPS) is 21.0. The molecule has 2 aromatic rings. The number of nitrogens with zero attached hydrogens (tertiary/aromatic N) is 3. The fourth-order valence-corrected chi connectivity index (χ4v) is 4.30. The van der Waals surface area contributed by atoms with Crippen molar-refractivity contribution in [2.75, 3.05) is 18.2 Å². The minimum Gasteiger partial charge on any atom is -0.508 e. The number of aromatic hydroxyl groups is 1. The van der Waals surface area contributed by atoms with Gasteiger partial charge < -0.3 is 15.2 Å². The maximum Gasteiger partial charge on any atom is 0.316 e. The quantitative estimate of drug-likeness (QED) is 0.596. The van der Waals surface area contributed by atoms with Crippen LogP contribution in [0.5, 0.6) is 5.75 Å². The molecular weight excluding hydrogens is 380 g/mol. The van der Waals surface area contributed by atoms with Crippen LogP contribution in [0, 0.1) is 5.92 Å². The first-order valence-electron chi connectivity index (χ1n) is 8.94. The highest BCUT2D eigenvalue weighted by Crippen LogP contribution is 2.42. The zero-order valence-corrected chi connectivity index (χ0v) is 16.3. The molecule has 1 aromatic carbocycles. The van der Waals surface area contributed by atoms with Crippen LogP contribution in [0.4, 0.5) is 5.95 Å². The molecule has 4 rings (SSSR count). The molecule has 0 bridgehead atoms. The number of esters is 1. The van der Waals surface area contributed by atoms with Crippen molar-refractivity contribution in [2.24, 2.45) is 5.92 Å². The summed E-state index contributed by atoms with van der Waals surface area (Å²) in [6.07, 6.45) is 1.22. The Bertz CT molecular complexity index is 984. The third-order valence-corrected chi connectivity index (χ3v) is 5.65. The smallest absolute Gasteiger partial charge is 0.316 e. The molecule has 8 nitrogen and oxygen atoms in total. The average molecular weight is 400 g/mol. The summed E-state index contributed by atoms with van der Waals surface area (Å²) in [5, 5.41) is 18.1. The number of ether oxygens (including phenoxy) is 1. The number of aromatic nitrogens is 3. The number of phenolic OH excluding ortho intramolecular Hbond substituents is 1. The number of anilines is 1. The van der Waals surface area contributed by atoms with Gasteiger partial charge in [0, 0.05) is 17.7 Å². The van der Waals surface area contributed by atoms with Crippen LogP contribution >= 0.6 is 11.8 Å². The van der Waals surface area contributed by atoms with Gasteiger partial charge in [0.15, 0.2) is 5.78 Å². The average Bonchev–Trinajstić information content (AvgIpc) is 3.06. The summed E-state index contributed by atoms with van der Waals surface area (Å²) < 4.78 is 6.32. The lowest BCUT2D eigenvalue weighted by Crippen LogP contribution is -2.33. The molecule has 0 fully saturated rings. The number of carbonyl (C=O) groups is 2. The number of methoxy groups -OCH3 is 1. The van der Waals surface area contributed by atoms with E-state index in [9.17, 15) is 14.7 Å². The van der Waals surface area contributed by atoms with E-state index in [1.54, 1.807) is 22.9 Å². The van der Waals surface area contributed by atoms with E-state index in [-0.39, 0.29) is 29.2 Å². The number of thioether (sulfide) groups is 1. The summed E-state index contributed by atoms with van der Waals surface area (Å²) in [4.78, 5) is 28.8. The number of Topliss-reactive ketones (excluding diaryl/α,β-unsaturated/α-hetero) is 1. The van der Waals surface area contributed by atoms with Gasteiger partial charge in [-0.15, -0.1) is 5.10 Å². The van der Waals surface area contributed by atoms with Crippen molar-refractivity contribution in [3.63, 3.8) is 0 Å². The molecule has 2 N–H and O–H groups in total. The Morgan fingerprint density at radius 1 is 1.43 bits per heavy atom. The van der Waals surface area contributed by atoms with Gasteiger partial charge in [-0.05, 0) is 30.0 Å². The number of nitrogens with one attached hydrogen (secondary N) is 1. The molecular formula is C19H20N4O4S. The second kappa shape index (κ2) is 7.31. The van der Waals surface area contributed by atoms with E-state index in [4.69, 9.17) is 0 Å². The maximum atomic E-state index is 12.9. The van der Waals surface area contributed by atoms with Gasteiger partial charge in [-0.1, -0.05) is 30.8 Å². The van der Waals surface area contributed by atoms with Gasteiger partial charge >= 0.3 is 5.97 Å². The van der Waals surface area contributed by atoms with Gasteiger partial charge in [0.25, 0.3) is 0 Å². The van der Waals surface area contributed by atoms with Crippen LogP contribution in [0.1, 0.15) is 31.4 Å². The number of hydrogen-bond donors (Lipinski definition) is 2. The topological polar surface area (TPSA) is 106 Å². The highest BCUT2D eigenvalue weighted by atomic mass is 32.2. The Labute approximate surface area is 166 Å². The molecule has 0 saturated carbocycles. The molecule has 0 spiro atoms. The monoisotopic (exact) mass is 400 g/mol. The predicted octanol–water partition coefficient (Wildman–Crippen LogP) is 2.52. The number of hydrogen-bond acceptors (Lipinski definition) is 8. The highest BCUT2D eigenvalue weighted by Gasteiger charge is 2.38. The van der Waals surface area contributed by atoms with Gasteiger partial charge in [-0.25, -0.2) is 4.68 Å². The molecule has 0 radical (unpaired) electrons. The summed E-state index contributed by atoms with van der Waals surface area (Å²) in [7, 11) is 1.33. The van der Waals surface area contributed by atoms with Crippen molar-refractivity contribution in [1.29, 1.82) is 0 Å². The number of ketones is 1. The van der Waals surface area contributed by atoms with E-state index in [2.05, 4.69) is 20.1 Å². The van der Waals surface area contributed by atoms with E-state index in [1.165, 1.54) is 18.9 Å². The van der Waals surface area contributed by atoms with E-state index in [1.807, 2.05) is 13.0 Å². The number of phenols is 1. The number of allylic oxidation sites excluding steroid dienone is 2. The SMILES string of the molecule is COC(=O)CSc1nc2n(n1)[C@H](c1cccc(O)c1)C1=C(C[C@@H](C)CC1=O)N2. The van der Waals surface area contributed by atoms with E-state index >= 15 is 0 Å². The predicted molar refractivity (Wildman–Crippen MR) is 103 cm³/mol.